The van der Waals surface area contributed by atoms with E-state index in [1.54, 1.807) is 14.2 Å². The molecule has 0 amide bonds. The summed E-state index contributed by atoms with van der Waals surface area (Å²) in [5.74, 6) is -1.29. The van der Waals surface area contributed by atoms with Gasteiger partial charge in [-0.05, 0) is 47.6 Å². The standard InChI is InChI=1S/C27H33NO6/c1-28(20-7-8-21(28)14-19(13-20)24(27(31)32)16-26(29)30)10-4-5-17-11-18-6-9-22(33-2)15-23(18)25(12-17)34-3/h4,6,9-12,15,19-21,24H,5,7-8,13-14,16H2,1-3H3,(H-,29,30,31,32)/p+1/t19?,20-,21+,24?,28?. The summed E-state index contributed by atoms with van der Waals surface area (Å²) in [5, 5.41) is 20.9. The Bertz CT molecular complexity index is 1100. The molecule has 5 atom stereocenters. The molecule has 2 saturated heterocycles. The van der Waals surface area contributed by atoms with Crippen molar-refractivity contribution in [3.8, 4) is 11.5 Å². The predicted molar refractivity (Wildman–Crippen MR) is 129 cm³/mol. The van der Waals surface area contributed by atoms with Gasteiger partial charge in [0.05, 0.1) is 51.9 Å². The molecule has 7 nitrogen and oxygen atoms in total. The smallest absolute Gasteiger partial charge is 0.307 e. The second-order valence-electron chi connectivity index (χ2n) is 9.85. The van der Waals surface area contributed by atoms with Gasteiger partial charge in [0.1, 0.15) is 11.5 Å². The lowest BCUT2D eigenvalue weighted by Crippen LogP contribution is -2.55. The summed E-state index contributed by atoms with van der Waals surface area (Å²) < 4.78 is 11.8. The highest BCUT2D eigenvalue weighted by Gasteiger charge is 2.52. The number of allylic oxidation sites excluding steroid dienone is 1. The number of nitrogens with zero attached hydrogens (tertiary/aromatic N) is 1. The van der Waals surface area contributed by atoms with Crippen LogP contribution < -0.4 is 9.47 Å². The average Bonchev–Trinajstić information content (AvgIpc) is 2.97. The summed E-state index contributed by atoms with van der Waals surface area (Å²) in [5.41, 5.74) is 1.16. The van der Waals surface area contributed by atoms with E-state index in [1.807, 2.05) is 18.2 Å². The summed E-state index contributed by atoms with van der Waals surface area (Å²) in [7, 11) is 5.56. The number of rotatable bonds is 9. The van der Waals surface area contributed by atoms with Gasteiger partial charge >= 0.3 is 11.9 Å². The van der Waals surface area contributed by atoms with Gasteiger partial charge in [0.2, 0.25) is 0 Å². The van der Waals surface area contributed by atoms with Crippen molar-refractivity contribution in [2.24, 2.45) is 11.8 Å². The number of hydrogen-bond acceptors (Lipinski definition) is 4. The molecule has 7 heteroatoms. The fourth-order valence-electron chi connectivity index (χ4n) is 6.13. The zero-order valence-corrected chi connectivity index (χ0v) is 20.1. The highest BCUT2D eigenvalue weighted by molar-refractivity contribution is 5.90. The van der Waals surface area contributed by atoms with Crippen molar-refractivity contribution in [2.75, 3.05) is 21.3 Å². The fourth-order valence-corrected chi connectivity index (χ4v) is 6.13. The molecule has 34 heavy (non-hydrogen) atoms. The van der Waals surface area contributed by atoms with E-state index in [0.29, 0.717) is 12.1 Å². The van der Waals surface area contributed by atoms with Crippen LogP contribution in [-0.2, 0) is 16.0 Å². The molecule has 0 spiro atoms. The first-order chi connectivity index (χ1) is 16.2. The Hall–Kier alpha value is -3.06. The molecule has 182 valence electrons. The van der Waals surface area contributed by atoms with Gasteiger partial charge in [0, 0.05) is 31.1 Å². The Labute approximate surface area is 200 Å². The topological polar surface area (TPSA) is 93.1 Å². The Morgan fingerprint density at radius 3 is 2.38 bits per heavy atom. The van der Waals surface area contributed by atoms with E-state index in [-0.39, 0.29) is 12.3 Å². The lowest BCUT2D eigenvalue weighted by molar-refractivity contribution is -0.903. The molecule has 2 aromatic rings. The number of hydrogen-bond donors (Lipinski definition) is 2. The van der Waals surface area contributed by atoms with Crippen LogP contribution in [0.4, 0.5) is 0 Å². The van der Waals surface area contributed by atoms with Crippen LogP contribution >= 0.6 is 0 Å². The third-order valence-corrected chi connectivity index (χ3v) is 8.02. The fraction of sp³-hybridized carbons (Fsp3) is 0.481. The summed E-state index contributed by atoms with van der Waals surface area (Å²) in [6.07, 6.45) is 8.57. The van der Waals surface area contributed by atoms with Crippen LogP contribution in [0.1, 0.15) is 37.7 Å². The van der Waals surface area contributed by atoms with Crippen LogP contribution in [-0.4, -0.2) is 60.0 Å². The Morgan fingerprint density at radius 2 is 1.79 bits per heavy atom. The van der Waals surface area contributed by atoms with Gasteiger partial charge in [-0.15, -0.1) is 0 Å². The number of quaternary nitrogens is 1. The van der Waals surface area contributed by atoms with Crippen molar-refractivity contribution in [3.05, 3.63) is 48.2 Å². The number of piperidine rings is 1. The number of fused-ring (bicyclic) bond motifs is 3. The highest BCUT2D eigenvalue weighted by atomic mass is 16.5. The second kappa shape index (κ2) is 9.66. The Balaban J connectivity index is 1.50. The maximum Gasteiger partial charge on any atom is 0.307 e. The normalized spacial score (nSPS) is 27.1. The molecule has 2 aromatic carbocycles. The quantitative estimate of drug-likeness (QED) is 0.527. The van der Waals surface area contributed by atoms with E-state index < -0.39 is 17.9 Å². The maximum absolute atomic E-state index is 11.7. The van der Waals surface area contributed by atoms with Crippen molar-refractivity contribution < 1.29 is 33.8 Å². The zero-order valence-electron chi connectivity index (χ0n) is 20.1. The van der Waals surface area contributed by atoms with Crippen molar-refractivity contribution in [3.63, 3.8) is 0 Å². The van der Waals surface area contributed by atoms with E-state index in [4.69, 9.17) is 9.47 Å². The lowest BCUT2D eigenvalue weighted by Gasteiger charge is -2.45. The van der Waals surface area contributed by atoms with Gasteiger partial charge in [0.25, 0.3) is 0 Å². The molecule has 2 heterocycles. The highest BCUT2D eigenvalue weighted by Crippen LogP contribution is 2.46. The van der Waals surface area contributed by atoms with E-state index in [1.165, 1.54) is 0 Å². The van der Waals surface area contributed by atoms with Crippen LogP contribution in [0.5, 0.6) is 11.5 Å². The van der Waals surface area contributed by atoms with Crippen molar-refractivity contribution >= 4 is 22.7 Å². The number of carbonyl (C=O) groups is 2. The first-order valence-electron chi connectivity index (χ1n) is 11.9. The molecule has 0 saturated carbocycles. The first kappa shape index (κ1) is 24.1. The zero-order chi connectivity index (χ0) is 24.5. The van der Waals surface area contributed by atoms with Crippen LogP contribution in [0.15, 0.2) is 42.6 Å². The van der Waals surface area contributed by atoms with Crippen LogP contribution in [0.3, 0.4) is 0 Å². The molecule has 2 bridgehead atoms. The van der Waals surface area contributed by atoms with Crippen LogP contribution in [0.25, 0.3) is 10.8 Å². The summed E-state index contributed by atoms with van der Waals surface area (Å²) in [6, 6.07) is 10.9. The molecule has 2 aliphatic heterocycles. The average molecular weight is 469 g/mol. The third kappa shape index (κ3) is 4.62. The van der Waals surface area contributed by atoms with E-state index in [9.17, 15) is 19.8 Å². The van der Waals surface area contributed by atoms with Crippen molar-refractivity contribution in [1.82, 2.24) is 0 Å². The lowest BCUT2D eigenvalue weighted by atomic mass is 9.78. The largest absolute Gasteiger partial charge is 0.497 e. The van der Waals surface area contributed by atoms with Gasteiger partial charge in [-0.25, -0.2) is 0 Å². The summed E-state index contributed by atoms with van der Waals surface area (Å²) in [6.45, 7) is 0. The molecule has 3 unspecified atom stereocenters. The predicted octanol–water partition coefficient (Wildman–Crippen LogP) is 4.48. The Kier molecular flexibility index (Phi) is 6.84. The third-order valence-electron chi connectivity index (χ3n) is 8.02. The molecule has 4 rings (SSSR count). The molecular formula is C27H34NO6+. The van der Waals surface area contributed by atoms with Gasteiger partial charge in [-0.3, -0.25) is 14.1 Å². The van der Waals surface area contributed by atoms with Crippen molar-refractivity contribution in [2.45, 2.75) is 50.6 Å². The van der Waals surface area contributed by atoms with Gasteiger partial charge in [-0.1, -0.05) is 12.1 Å². The van der Waals surface area contributed by atoms with E-state index >= 15 is 0 Å². The number of aliphatic carboxylic acids is 2. The Morgan fingerprint density at radius 1 is 1.09 bits per heavy atom. The minimum absolute atomic E-state index is 0.0764. The van der Waals surface area contributed by atoms with Gasteiger partial charge < -0.3 is 19.7 Å². The number of methoxy groups -OCH3 is 2. The number of benzene rings is 2. The molecule has 0 radical (unpaired) electrons. The summed E-state index contributed by atoms with van der Waals surface area (Å²) in [4.78, 5) is 22.9. The molecule has 2 fully saturated rings. The molecule has 0 aliphatic carbocycles. The minimum atomic E-state index is -1.04. The number of carboxylic acids is 2. The first-order valence-corrected chi connectivity index (χ1v) is 11.9. The second-order valence-corrected chi connectivity index (χ2v) is 9.85. The van der Waals surface area contributed by atoms with Gasteiger partial charge in [0.15, 0.2) is 0 Å². The van der Waals surface area contributed by atoms with Crippen molar-refractivity contribution in [1.29, 1.82) is 0 Å². The molecular weight excluding hydrogens is 434 g/mol. The van der Waals surface area contributed by atoms with E-state index in [0.717, 1.165) is 64.4 Å². The number of carboxylic acid groups (broad SMARTS) is 2. The summed E-state index contributed by atoms with van der Waals surface area (Å²) >= 11 is 0. The monoisotopic (exact) mass is 468 g/mol. The minimum Gasteiger partial charge on any atom is -0.497 e. The molecule has 2 aliphatic rings. The molecule has 2 N–H and O–H groups in total. The van der Waals surface area contributed by atoms with E-state index in [2.05, 4.69) is 31.5 Å². The maximum atomic E-state index is 11.7. The van der Waals surface area contributed by atoms with Crippen LogP contribution in [0.2, 0.25) is 0 Å². The van der Waals surface area contributed by atoms with Gasteiger partial charge in [-0.2, -0.15) is 0 Å². The molecule has 0 aromatic heterocycles. The SMILES string of the molecule is COc1ccc2cc(CC=C[N+]3(C)[C@@H]4CC[C@H]3CC(C(CC(=O)O)C(=O)O)C4)cc(OC)c2c1. The number of ether oxygens (including phenoxy) is 2. The van der Waals surface area contributed by atoms with Crippen LogP contribution in [0, 0.1) is 11.8 Å².